The Labute approximate surface area is 136 Å². The molecule has 120 valence electrons. The van der Waals surface area contributed by atoms with E-state index in [1.165, 1.54) is 28.4 Å². The van der Waals surface area contributed by atoms with Crippen molar-refractivity contribution < 1.29 is 19.1 Å². The monoisotopic (exact) mass is 333 g/mol. The third kappa shape index (κ3) is 2.32. The zero-order chi connectivity index (χ0) is 16.1. The van der Waals surface area contributed by atoms with Crippen LogP contribution in [-0.4, -0.2) is 34.5 Å². The summed E-state index contributed by atoms with van der Waals surface area (Å²) in [6.45, 7) is 0.517. The van der Waals surface area contributed by atoms with Crippen LogP contribution in [0.15, 0.2) is 24.3 Å². The fourth-order valence-corrected chi connectivity index (χ4v) is 5.09. The molecule has 2 aromatic rings. The number of carboxylic acid groups (broad SMARTS) is 1. The number of carbonyl (C=O) groups is 2. The van der Waals surface area contributed by atoms with Gasteiger partial charge in [-0.15, -0.1) is 11.3 Å². The van der Waals surface area contributed by atoms with E-state index in [2.05, 4.69) is 0 Å². The average molecular weight is 333 g/mol. The summed E-state index contributed by atoms with van der Waals surface area (Å²) in [5.74, 6) is -1.13. The van der Waals surface area contributed by atoms with E-state index >= 15 is 0 Å². The number of fused-ring (bicyclic) bond motifs is 2. The third-order valence-corrected chi connectivity index (χ3v) is 6.20. The molecule has 1 amide bonds. The van der Waals surface area contributed by atoms with Gasteiger partial charge in [-0.05, 0) is 54.3 Å². The summed E-state index contributed by atoms with van der Waals surface area (Å²) in [4.78, 5) is 26.5. The highest BCUT2D eigenvalue weighted by Gasteiger charge is 2.49. The van der Waals surface area contributed by atoms with Crippen LogP contribution in [0, 0.1) is 17.7 Å². The van der Waals surface area contributed by atoms with E-state index in [1.54, 1.807) is 12.1 Å². The number of benzene rings is 1. The van der Waals surface area contributed by atoms with Gasteiger partial charge >= 0.3 is 5.97 Å². The molecule has 1 aliphatic carbocycles. The molecule has 1 aliphatic heterocycles. The van der Waals surface area contributed by atoms with E-state index in [9.17, 15) is 19.1 Å². The van der Waals surface area contributed by atoms with Gasteiger partial charge in [-0.2, -0.15) is 0 Å². The van der Waals surface area contributed by atoms with E-state index in [0.29, 0.717) is 22.7 Å². The van der Waals surface area contributed by atoms with Crippen molar-refractivity contribution in [3.63, 3.8) is 0 Å². The number of carbonyl (C=O) groups excluding carboxylic acids is 1. The smallest absolute Gasteiger partial charge is 0.326 e. The second-order valence-corrected chi connectivity index (χ2v) is 7.47. The van der Waals surface area contributed by atoms with Crippen LogP contribution in [0.5, 0.6) is 0 Å². The van der Waals surface area contributed by atoms with Crippen molar-refractivity contribution >= 4 is 33.3 Å². The Balaban J connectivity index is 1.68. The maximum Gasteiger partial charge on any atom is 0.326 e. The van der Waals surface area contributed by atoms with Crippen molar-refractivity contribution in [1.82, 2.24) is 4.90 Å². The Kier molecular flexibility index (Phi) is 3.37. The van der Waals surface area contributed by atoms with Gasteiger partial charge in [0.25, 0.3) is 5.91 Å². The van der Waals surface area contributed by atoms with Gasteiger partial charge in [0, 0.05) is 11.2 Å². The number of aliphatic carboxylic acids is 1. The van der Waals surface area contributed by atoms with Crippen LogP contribution in [0.25, 0.3) is 10.1 Å². The second-order valence-electron chi connectivity index (χ2n) is 6.39. The molecule has 1 saturated carbocycles. The first-order chi connectivity index (χ1) is 11.0. The first-order valence-corrected chi connectivity index (χ1v) is 8.59. The minimum atomic E-state index is -0.917. The van der Waals surface area contributed by atoms with Gasteiger partial charge in [0.1, 0.15) is 11.9 Å². The summed E-state index contributed by atoms with van der Waals surface area (Å²) < 4.78 is 14.1. The lowest BCUT2D eigenvalue weighted by atomic mass is 9.94. The van der Waals surface area contributed by atoms with Crippen LogP contribution in [0.1, 0.15) is 28.9 Å². The molecule has 2 aliphatic rings. The van der Waals surface area contributed by atoms with Crippen molar-refractivity contribution in [2.45, 2.75) is 25.3 Å². The predicted molar refractivity (Wildman–Crippen MR) is 85.1 cm³/mol. The SMILES string of the molecule is O=C(O)C1C2CCCC2CN1C(=O)c1cc2cc(F)ccc2s1. The summed E-state index contributed by atoms with van der Waals surface area (Å²) in [7, 11) is 0. The second kappa shape index (κ2) is 5.30. The number of thiophene rings is 1. The van der Waals surface area contributed by atoms with Crippen LogP contribution in [0.3, 0.4) is 0 Å². The number of carboxylic acids is 1. The largest absolute Gasteiger partial charge is 0.480 e. The first-order valence-electron chi connectivity index (χ1n) is 7.77. The topological polar surface area (TPSA) is 57.6 Å². The molecule has 0 spiro atoms. The highest BCUT2D eigenvalue weighted by Crippen LogP contribution is 2.43. The Hall–Kier alpha value is -1.95. The van der Waals surface area contributed by atoms with E-state index in [1.807, 2.05) is 0 Å². The van der Waals surface area contributed by atoms with Gasteiger partial charge < -0.3 is 10.0 Å². The molecular formula is C17H16FNO3S. The van der Waals surface area contributed by atoms with Crippen LogP contribution in [0.2, 0.25) is 0 Å². The quantitative estimate of drug-likeness (QED) is 0.917. The molecule has 4 rings (SSSR count). The molecular weight excluding hydrogens is 317 g/mol. The van der Waals surface area contributed by atoms with Crippen LogP contribution in [-0.2, 0) is 4.79 Å². The summed E-state index contributed by atoms with van der Waals surface area (Å²) in [6, 6.07) is 5.36. The average Bonchev–Trinajstić information content (AvgIpc) is 3.18. The molecule has 4 nitrogen and oxygen atoms in total. The fourth-order valence-electron chi connectivity index (χ4n) is 4.09. The van der Waals surface area contributed by atoms with Crippen molar-refractivity contribution in [1.29, 1.82) is 0 Å². The normalized spacial score (nSPS) is 26.7. The molecule has 1 saturated heterocycles. The number of likely N-dealkylation sites (tertiary alicyclic amines) is 1. The molecule has 1 aromatic carbocycles. The minimum absolute atomic E-state index is 0.0725. The zero-order valence-corrected chi connectivity index (χ0v) is 13.2. The number of rotatable bonds is 2. The maximum atomic E-state index is 13.3. The van der Waals surface area contributed by atoms with Gasteiger partial charge in [0.2, 0.25) is 0 Å². The molecule has 1 N–H and O–H groups in total. The van der Waals surface area contributed by atoms with Gasteiger partial charge in [-0.25, -0.2) is 9.18 Å². The molecule has 2 fully saturated rings. The molecule has 2 heterocycles. The summed E-state index contributed by atoms with van der Waals surface area (Å²) in [5, 5.41) is 10.2. The van der Waals surface area contributed by atoms with Gasteiger partial charge in [0.05, 0.1) is 4.88 Å². The zero-order valence-electron chi connectivity index (χ0n) is 12.4. The Morgan fingerprint density at radius 3 is 2.87 bits per heavy atom. The maximum absolute atomic E-state index is 13.3. The number of amides is 1. The van der Waals surface area contributed by atoms with E-state index < -0.39 is 12.0 Å². The summed E-state index contributed by atoms with van der Waals surface area (Å²) >= 11 is 1.29. The molecule has 6 heteroatoms. The number of hydrogen-bond donors (Lipinski definition) is 1. The standard InChI is InChI=1S/C17H16FNO3S/c18-11-4-5-13-10(6-11)7-14(23-13)16(20)19-8-9-2-1-3-12(9)15(19)17(21)22/h4-7,9,12,15H,1-3,8H2,(H,21,22). The molecule has 0 radical (unpaired) electrons. The van der Waals surface area contributed by atoms with Gasteiger partial charge in [-0.1, -0.05) is 6.42 Å². The van der Waals surface area contributed by atoms with E-state index in [4.69, 9.17) is 0 Å². The van der Waals surface area contributed by atoms with Crippen LogP contribution >= 0.6 is 11.3 Å². The molecule has 3 unspecified atom stereocenters. The lowest BCUT2D eigenvalue weighted by Crippen LogP contribution is -2.43. The highest BCUT2D eigenvalue weighted by molar-refractivity contribution is 7.20. The van der Waals surface area contributed by atoms with Crippen molar-refractivity contribution in [3.05, 3.63) is 35.0 Å². The van der Waals surface area contributed by atoms with Crippen LogP contribution < -0.4 is 0 Å². The van der Waals surface area contributed by atoms with Gasteiger partial charge in [-0.3, -0.25) is 4.79 Å². The Morgan fingerprint density at radius 1 is 1.26 bits per heavy atom. The van der Waals surface area contributed by atoms with Crippen LogP contribution in [0.4, 0.5) is 4.39 Å². The predicted octanol–water partition coefficient (Wildman–Crippen LogP) is 3.37. The lowest BCUT2D eigenvalue weighted by molar-refractivity contribution is -0.142. The Bertz CT molecular complexity index is 802. The first kappa shape index (κ1) is 14.6. The van der Waals surface area contributed by atoms with Gasteiger partial charge in [0.15, 0.2) is 0 Å². The summed E-state index contributed by atoms with van der Waals surface area (Å²) in [5.41, 5.74) is 0. The Morgan fingerprint density at radius 2 is 2.09 bits per heavy atom. The number of nitrogens with zero attached hydrogens (tertiary/aromatic N) is 1. The minimum Gasteiger partial charge on any atom is -0.480 e. The van der Waals surface area contributed by atoms with Crippen molar-refractivity contribution in [3.8, 4) is 0 Å². The number of hydrogen-bond acceptors (Lipinski definition) is 3. The third-order valence-electron chi connectivity index (χ3n) is 5.09. The molecule has 0 bridgehead atoms. The van der Waals surface area contributed by atoms with E-state index in [0.717, 1.165) is 24.0 Å². The van der Waals surface area contributed by atoms with Crippen molar-refractivity contribution in [2.75, 3.05) is 6.54 Å². The van der Waals surface area contributed by atoms with Crippen molar-refractivity contribution in [2.24, 2.45) is 11.8 Å². The summed E-state index contributed by atoms with van der Waals surface area (Å²) in [6.07, 6.45) is 2.92. The molecule has 1 aromatic heterocycles. The molecule has 3 atom stereocenters. The van der Waals surface area contributed by atoms with E-state index in [-0.39, 0.29) is 17.6 Å². The highest BCUT2D eigenvalue weighted by atomic mass is 32.1. The molecule has 23 heavy (non-hydrogen) atoms. The number of halogens is 1. The fraction of sp³-hybridized carbons (Fsp3) is 0.412. The lowest BCUT2D eigenvalue weighted by Gasteiger charge is -2.23.